The number of nitrogens with zero attached hydrogens (tertiary/aromatic N) is 2. The van der Waals surface area contributed by atoms with Crippen molar-refractivity contribution < 1.29 is 9.53 Å². The van der Waals surface area contributed by atoms with Crippen LogP contribution >= 0.6 is 0 Å². The molecule has 0 aromatic carbocycles. The number of carbonyl (C=O) groups excluding carboxylic acids is 1. The van der Waals surface area contributed by atoms with Crippen LogP contribution in [0.5, 0.6) is 5.88 Å². The molecule has 5 nitrogen and oxygen atoms in total. The SMILES string of the molecule is COc1cccc(N2CCC(C(=O)NC(C)(C)C)C2)n1. The van der Waals surface area contributed by atoms with Gasteiger partial charge in [0.15, 0.2) is 0 Å². The number of pyridine rings is 1. The summed E-state index contributed by atoms with van der Waals surface area (Å²) in [7, 11) is 1.61. The highest BCUT2D eigenvalue weighted by Crippen LogP contribution is 2.24. The second-order valence-corrected chi connectivity index (χ2v) is 6.21. The molecule has 1 atom stereocenters. The van der Waals surface area contributed by atoms with Crippen LogP contribution in [0.4, 0.5) is 5.82 Å². The van der Waals surface area contributed by atoms with Gasteiger partial charge in [0.2, 0.25) is 11.8 Å². The highest BCUT2D eigenvalue weighted by atomic mass is 16.5. The standard InChI is InChI=1S/C15H23N3O2/c1-15(2,3)17-14(19)11-8-9-18(10-11)12-6-5-7-13(16-12)20-4/h5-7,11H,8-10H2,1-4H3,(H,17,19). The lowest BCUT2D eigenvalue weighted by Gasteiger charge is -2.23. The molecule has 1 saturated heterocycles. The second-order valence-electron chi connectivity index (χ2n) is 6.21. The third kappa shape index (κ3) is 3.62. The van der Waals surface area contributed by atoms with Crippen LogP contribution in [0.3, 0.4) is 0 Å². The van der Waals surface area contributed by atoms with Crippen LogP contribution in [-0.2, 0) is 4.79 Å². The molecular formula is C15H23N3O2. The maximum Gasteiger partial charge on any atom is 0.225 e. The van der Waals surface area contributed by atoms with Crippen molar-refractivity contribution in [1.82, 2.24) is 10.3 Å². The Labute approximate surface area is 120 Å². The zero-order valence-corrected chi connectivity index (χ0v) is 12.6. The summed E-state index contributed by atoms with van der Waals surface area (Å²) in [5.41, 5.74) is -0.182. The average molecular weight is 277 g/mol. The molecule has 2 rings (SSSR count). The lowest BCUT2D eigenvalue weighted by molar-refractivity contribution is -0.125. The largest absolute Gasteiger partial charge is 0.481 e. The second kappa shape index (κ2) is 5.69. The fraction of sp³-hybridized carbons (Fsp3) is 0.600. The number of hydrogen-bond donors (Lipinski definition) is 1. The fourth-order valence-electron chi connectivity index (χ4n) is 2.35. The van der Waals surface area contributed by atoms with Crippen molar-refractivity contribution in [3.8, 4) is 5.88 Å². The zero-order valence-electron chi connectivity index (χ0n) is 12.6. The Kier molecular flexibility index (Phi) is 4.16. The molecule has 1 aromatic rings. The lowest BCUT2D eigenvalue weighted by Crippen LogP contribution is -2.44. The smallest absolute Gasteiger partial charge is 0.225 e. The van der Waals surface area contributed by atoms with Crippen molar-refractivity contribution in [2.24, 2.45) is 5.92 Å². The molecule has 1 unspecified atom stereocenters. The molecule has 0 radical (unpaired) electrons. The van der Waals surface area contributed by atoms with Gasteiger partial charge in [-0.1, -0.05) is 6.07 Å². The number of carbonyl (C=O) groups is 1. The fourth-order valence-corrected chi connectivity index (χ4v) is 2.35. The van der Waals surface area contributed by atoms with E-state index in [1.807, 2.05) is 39.0 Å². The van der Waals surface area contributed by atoms with Gasteiger partial charge < -0.3 is 15.0 Å². The van der Waals surface area contributed by atoms with Crippen molar-refractivity contribution >= 4 is 11.7 Å². The van der Waals surface area contributed by atoms with E-state index in [2.05, 4.69) is 15.2 Å². The maximum atomic E-state index is 12.2. The molecule has 0 saturated carbocycles. The van der Waals surface area contributed by atoms with E-state index in [0.29, 0.717) is 12.4 Å². The summed E-state index contributed by atoms with van der Waals surface area (Å²) >= 11 is 0. The number of hydrogen-bond acceptors (Lipinski definition) is 4. The van der Waals surface area contributed by atoms with Gasteiger partial charge in [-0.05, 0) is 33.3 Å². The minimum absolute atomic E-state index is 0.0298. The third-order valence-corrected chi connectivity index (χ3v) is 3.30. The van der Waals surface area contributed by atoms with Crippen LogP contribution in [0, 0.1) is 5.92 Å². The van der Waals surface area contributed by atoms with Gasteiger partial charge in [-0.25, -0.2) is 0 Å². The van der Waals surface area contributed by atoms with Gasteiger partial charge in [0.25, 0.3) is 0 Å². The summed E-state index contributed by atoms with van der Waals surface area (Å²) in [4.78, 5) is 18.7. The van der Waals surface area contributed by atoms with Gasteiger partial charge in [-0.15, -0.1) is 0 Å². The van der Waals surface area contributed by atoms with Crippen LogP contribution < -0.4 is 15.0 Å². The number of anilines is 1. The lowest BCUT2D eigenvalue weighted by atomic mass is 10.0. The van der Waals surface area contributed by atoms with E-state index in [4.69, 9.17) is 4.74 Å². The molecule has 1 amide bonds. The molecule has 0 spiro atoms. The van der Waals surface area contributed by atoms with E-state index in [9.17, 15) is 4.79 Å². The van der Waals surface area contributed by atoms with E-state index in [0.717, 1.165) is 18.8 Å². The molecule has 5 heteroatoms. The molecule has 2 heterocycles. The minimum atomic E-state index is -0.182. The Bertz CT molecular complexity index is 482. The average Bonchev–Trinajstić information content (AvgIpc) is 2.86. The van der Waals surface area contributed by atoms with Gasteiger partial charge in [-0.3, -0.25) is 4.79 Å². The summed E-state index contributed by atoms with van der Waals surface area (Å²) in [6, 6.07) is 5.69. The van der Waals surface area contributed by atoms with Gasteiger partial charge >= 0.3 is 0 Å². The number of amides is 1. The highest BCUT2D eigenvalue weighted by molar-refractivity contribution is 5.80. The Morgan fingerprint density at radius 1 is 1.45 bits per heavy atom. The van der Waals surface area contributed by atoms with Crippen LogP contribution in [0.25, 0.3) is 0 Å². The van der Waals surface area contributed by atoms with E-state index >= 15 is 0 Å². The predicted octanol–water partition coefficient (Wildman–Crippen LogP) is 1.83. The zero-order chi connectivity index (χ0) is 14.8. The van der Waals surface area contributed by atoms with Crippen molar-refractivity contribution in [3.63, 3.8) is 0 Å². The predicted molar refractivity (Wildman–Crippen MR) is 79.0 cm³/mol. The summed E-state index contributed by atoms with van der Waals surface area (Å²) in [6.07, 6.45) is 0.862. The van der Waals surface area contributed by atoms with Gasteiger partial charge in [0.1, 0.15) is 5.82 Å². The molecule has 1 aliphatic heterocycles. The Hall–Kier alpha value is -1.78. The van der Waals surface area contributed by atoms with Crippen LogP contribution in [0.2, 0.25) is 0 Å². The van der Waals surface area contributed by atoms with E-state index in [1.165, 1.54) is 0 Å². The van der Waals surface area contributed by atoms with Gasteiger partial charge in [0.05, 0.1) is 13.0 Å². The highest BCUT2D eigenvalue weighted by Gasteiger charge is 2.30. The molecule has 0 bridgehead atoms. The molecular weight excluding hydrogens is 254 g/mol. The van der Waals surface area contributed by atoms with E-state index in [-0.39, 0.29) is 17.4 Å². The summed E-state index contributed by atoms with van der Waals surface area (Å²) in [5, 5.41) is 3.04. The minimum Gasteiger partial charge on any atom is -0.481 e. The Morgan fingerprint density at radius 3 is 2.85 bits per heavy atom. The van der Waals surface area contributed by atoms with Gasteiger partial charge in [-0.2, -0.15) is 4.98 Å². The molecule has 1 aromatic heterocycles. The Balaban J connectivity index is 1.99. The number of ether oxygens (including phenoxy) is 1. The summed E-state index contributed by atoms with van der Waals surface area (Å²) in [5.74, 6) is 1.63. The summed E-state index contributed by atoms with van der Waals surface area (Å²) < 4.78 is 5.14. The molecule has 1 N–H and O–H groups in total. The van der Waals surface area contributed by atoms with Gasteiger partial charge in [0, 0.05) is 24.7 Å². The molecule has 1 fully saturated rings. The first-order chi connectivity index (χ1) is 9.39. The molecule has 1 aliphatic rings. The van der Waals surface area contributed by atoms with Crippen molar-refractivity contribution in [2.45, 2.75) is 32.7 Å². The van der Waals surface area contributed by atoms with Crippen LogP contribution in [0.15, 0.2) is 18.2 Å². The van der Waals surface area contributed by atoms with Crippen molar-refractivity contribution in [1.29, 1.82) is 0 Å². The van der Waals surface area contributed by atoms with Crippen LogP contribution in [0.1, 0.15) is 27.2 Å². The summed E-state index contributed by atoms with van der Waals surface area (Å²) in [6.45, 7) is 7.56. The molecule has 110 valence electrons. The van der Waals surface area contributed by atoms with Crippen molar-refractivity contribution in [2.75, 3.05) is 25.1 Å². The van der Waals surface area contributed by atoms with E-state index < -0.39 is 0 Å². The normalized spacial score (nSPS) is 19.0. The first kappa shape index (κ1) is 14.6. The monoisotopic (exact) mass is 277 g/mol. The molecule has 20 heavy (non-hydrogen) atoms. The van der Waals surface area contributed by atoms with Crippen LogP contribution in [-0.4, -0.2) is 36.6 Å². The number of methoxy groups -OCH3 is 1. The van der Waals surface area contributed by atoms with E-state index in [1.54, 1.807) is 7.11 Å². The van der Waals surface area contributed by atoms with Crippen molar-refractivity contribution in [3.05, 3.63) is 18.2 Å². The quantitative estimate of drug-likeness (QED) is 0.916. The number of nitrogens with one attached hydrogen (secondary N) is 1. The first-order valence-electron chi connectivity index (χ1n) is 6.97. The number of aromatic nitrogens is 1. The molecule has 0 aliphatic carbocycles. The first-order valence-corrected chi connectivity index (χ1v) is 6.97. The Morgan fingerprint density at radius 2 is 2.20 bits per heavy atom. The maximum absolute atomic E-state index is 12.2. The number of rotatable bonds is 3. The third-order valence-electron chi connectivity index (χ3n) is 3.30. The topological polar surface area (TPSA) is 54.5 Å².